The molecule has 5 nitrogen and oxygen atoms in total. The lowest BCUT2D eigenvalue weighted by Gasteiger charge is -2.24. The minimum absolute atomic E-state index is 0.182. The molecule has 0 fully saturated rings. The average molecular weight is 358 g/mol. The zero-order valence-corrected chi connectivity index (χ0v) is 15.2. The predicted molar refractivity (Wildman–Crippen MR) is 97.8 cm³/mol. The number of pyridine rings is 1. The van der Waals surface area contributed by atoms with Gasteiger partial charge in [0.2, 0.25) is 0 Å². The molecule has 0 aliphatic rings. The zero-order valence-electron chi connectivity index (χ0n) is 15.2. The second kappa shape index (κ2) is 8.56. The number of carbonyl (C=O) groups is 2. The molecule has 0 saturated carbocycles. The summed E-state index contributed by atoms with van der Waals surface area (Å²) in [6, 6.07) is 6.62. The Labute approximate surface area is 152 Å². The number of benzene rings is 1. The van der Waals surface area contributed by atoms with E-state index in [1.807, 2.05) is 6.92 Å². The van der Waals surface area contributed by atoms with Crippen molar-refractivity contribution in [1.82, 2.24) is 9.47 Å². The highest BCUT2D eigenvalue weighted by Gasteiger charge is 2.32. The molecule has 0 spiro atoms. The third kappa shape index (κ3) is 4.45. The van der Waals surface area contributed by atoms with Gasteiger partial charge in [0.15, 0.2) is 11.8 Å². The van der Waals surface area contributed by atoms with Crippen molar-refractivity contribution >= 4 is 11.7 Å². The van der Waals surface area contributed by atoms with Gasteiger partial charge in [-0.2, -0.15) is 0 Å². The third-order valence-electron chi connectivity index (χ3n) is 4.20. The van der Waals surface area contributed by atoms with Crippen molar-refractivity contribution in [2.24, 2.45) is 0 Å². The molecule has 0 aliphatic heterocycles. The topological polar surface area (TPSA) is 59.4 Å². The first-order valence-electron chi connectivity index (χ1n) is 8.58. The number of Topliss-reactive ketones (excluding diaryl/α,β-unsaturated/α-hetero) is 1. The van der Waals surface area contributed by atoms with Crippen LogP contribution in [0, 0.1) is 12.7 Å². The third-order valence-corrected chi connectivity index (χ3v) is 4.20. The molecule has 0 radical (unpaired) electrons. The fourth-order valence-corrected chi connectivity index (χ4v) is 2.66. The van der Waals surface area contributed by atoms with Crippen LogP contribution in [-0.2, 0) is 4.79 Å². The normalized spacial score (nSPS) is 11.8. The number of likely N-dealkylation sites (N-methyl/N-ethyl adjacent to an activating group) is 1. The summed E-state index contributed by atoms with van der Waals surface area (Å²) in [6.45, 7) is 4.27. The van der Waals surface area contributed by atoms with Crippen LogP contribution in [0.2, 0.25) is 0 Å². The SMILES string of the molecule is CCCCN(C)C(=O)[C@@H](C(=O)c1ccc(F)cc1)n1cc(C)ccc1=O. The molecule has 138 valence electrons. The first-order valence-corrected chi connectivity index (χ1v) is 8.58. The van der Waals surface area contributed by atoms with Gasteiger partial charge in [-0.15, -0.1) is 0 Å². The Morgan fingerprint density at radius 1 is 1.15 bits per heavy atom. The number of nitrogens with zero attached hydrogens (tertiary/aromatic N) is 2. The number of halogens is 1. The van der Waals surface area contributed by atoms with Crippen molar-refractivity contribution in [2.45, 2.75) is 32.7 Å². The molecular weight excluding hydrogens is 335 g/mol. The van der Waals surface area contributed by atoms with Crippen LogP contribution in [0.1, 0.15) is 41.7 Å². The molecule has 2 rings (SSSR count). The maximum absolute atomic E-state index is 13.2. The first kappa shape index (κ1) is 19.6. The molecule has 2 aromatic rings. The van der Waals surface area contributed by atoms with Gasteiger partial charge in [0.1, 0.15) is 5.82 Å². The number of aromatic nitrogens is 1. The van der Waals surface area contributed by atoms with Crippen LogP contribution < -0.4 is 5.56 Å². The van der Waals surface area contributed by atoms with E-state index in [1.54, 1.807) is 20.0 Å². The summed E-state index contributed by atoms with van der Waals surface area (Å²) < 4.78 is 14.3. The number of ketones is 1. The lowest BCUT2D eigenvalue weighted by molar-refractivity contribution is -0.132. The largest absolute Gasteiger partial charge is 0.344 e. The van der Waals surface area contributed by atoms with Crippen molar-refractivity contribution in [3.63, 3.8) is 0 Å². The molecule has 0 aliphatic carbocycles. The summed E-state index contributed by atoms with van der Waals surface area (Å²) >= 11 is 0. The molecule has 1 aromatic heterocycles. The summed E-state index contributed by atoms with van der Waals surface area (Å²) in [4.78, 5) is 39.8. The monoisotopic (exact) mass is 358 g/mol. The molecule has 6 heteroatoms. The Bertz CT molecular complexity index is 843. The Kier molecular flexibility index (Phi) is 6.44. The van der Waals surface area contributed by atoms with E-state index in [9.17, 15) is 18.8 Å². The van der Waals surface area contributed by atoms with E-state index in [0.717, 1.165) is 35.1 Å². The molecular formula is C20H23FN2O3. The lowest BCUT2D eigenvalue weighted by Crippen LogP contribution is -2.42. The number of hydrogen-bond acceptors (Lipinski definition) is 3. The number of unbranched alkanes of at least 4 members (excludes halogenated alkanes) is 1. The Morgan fingerprint density at radius 3 is 2.42 bits per heavy atom. The number of carbonyl (C=O) groups excluding carboxylic acids is 2. The maximum Gasteiger partial charge on any atom is 0.253 e. The van der Waals surface area contributed by atoms with Gasteiger partial charge in [-0.05, 0) is 43.2 Å². The smallest absolute Gasteiger partial charge is 0.253 e. The predicted octanol–water partition coefficient (Wildman–Crippen LogP) is 2.98. The minimum atomic E-state index is -1.31. The second-order valence-electron chi connectivity index (χ2n) is 6.34. The lowest BCUT2D eigenvalue weighted by atomic mass is 10.0. The van der Waals surface area contributed by atoms with Gasteiger partial charge in [-0.1, -0.05) is 19.4 Å². The molecule has 1 atom stereocenters. The van der Waals surface area contributed by atoms with Crippen LogP contribution in [0.3, 0.4) is 0 Å². The van der Waals surface area contributed by atoms with E-state index >= 15 is 0 Å². The van der Waals surface area contributed by atoms with Crippen molar-refractivity contribution in [3.8, 4) is 0 Å². The van der Waals surface area contributed by atoms with E-state index in [-0.39, 0.29) is 5.56 Å². The van der Waals surface area contributed by atoms with Crippen molar-refractivity contribution in [3.05, 3.63) is 69.9 Å². The minimum Gasteiger partial charge on any atom is -0.344 e. The van der Waals surface area contributed by atoms with Gasteiger partial charge < -0.3 is 4.90 Å². The number of hydrogen-bond donors (Lipinski definition) is 0. The molecule has 26 heavy (non-hydrogen) atoms. The van der Waals surface area contributed by atoms with E-state index in [4.69, 9.17) is 0 Å². The highest BCUT2D eigenvalue weighted by Crippen LogP contribution is 2.17. The van der Waals surface area contributed by atoms with Crippen molar-refractivity contribution in [2.75, 3.05) is 13.6 Å². The average Bonchev–Trinajstić information content (AvgIpc) is 2.63. The zero-order chi connectivity index (χ0) is 19.3. The van der Waals surface area contributed by atoms with Gasteiger partial charge in [-0.25, -0.2) is 4.39 Å². The van der Waals surface area contributed by atoms with Crippen LogP contribution in [0.15, 0.2) is 47.4 Å². The summed E-state index contributed by atoms with van der Waals surface area (Å²) in [7, 11) is 1.61. The fraction of sp³-hybridized carbons (Fsp3) is 0.350. The molecule has 1 aromatic carbocycles. The second-order valence-corrected chi connectivity index (χ2v) is 6.34. The standard InChI is InChI=1S/C20H23FN2O3/c1-4-5-12-22(3)20(26)18(23-13-14(2)6-11-17(23)24)19(25)15-7-9-16(21)10-8-15/h6-11,13,18H,4-5,12H2,1-3H3/t18-/m1/s1. The molecule has 1 amide bonds. The van der Waals surface area contributed by atoms with Crippen LogP contribution in [0.25, 0.3) is 0 Å². The number of rotatable bonds is 7. The molecule has 0 bridgehead atoms. The van der Waals surface area contributed by atoms with E-state index < -0.39 is 29.1 Å². The quantitative estimate of drug-likeness (QED) is 0.565. The number of aryl methyl sites for hydroxylation is 1. The van der Waals surface area contributed by atoms with Crippen molar-refractivity contribution in [1.29, 1.82) is 0 Å². The Hall–Kier alpha value is -2.76. The Balaban J connectivity index is 2.49. The van der Waals surface area contributed by atoms with Gasteiger partial charge in [-0.3, -0.25) is 19.0 Å². The molecule has 1 heterocycles. The molecule has 0 N–H and O–H groups in total. The van der Waals surface area contributed by atoms with Gasteiger partial charge in [0, 0.05) is 31.4 Å². The Morgan fingerprint density at radius 2 is 1.81 bits per heavy atom. The highest BCUT2D eigenvalue weighted by atomic mass is 19.1. The van der Waals surface area contributed by atoms with Gasteiger partial charge in [0.25, 0.3) is 11.5 Å². The van der Waals surface area contributed by atoms with Crippen molar-refractivity contribution < 1.29 is 14.0 Å². The maximum atomic E-state index is 13.2. The summed E-state index contributed by atoms with van der Waals surface area (Å²) in [6.07, 6.45) is 3.20. The van der Waals surface area contributed by atoms with Crippen LogP contribution in [-0.4, -0.2) is 34.7 Å². The van der Waals surface area contributed by atoms with E-state index in [2.05, 4.69) is 0 Å². The van der Waals surface area contributed by atoms with Crippen LogP contribution in [0.4, 0.5) is 4.39 Å². The van der Waals surface area contributed by atoms with Crippen LogP contribution in [0.5, 0.6) is 0 Å². The highest BCUT2D eigenvalue weighted by molar-refractivity contribution is 6.11. The van der Waals surface area contributed by atoms with E-state index in [1.165, 1.54) is 29.3 Å². The molecule has 0 saturated heterocycles. The molecule has 0 unspecified atom stereocenters. The first-order chi connectivity index (χ1) is 12.3. The van der Waals surface area contributed by atoms with E-state index in [0.29, 0.717) is 6.54 Å². The van der Waals surface area contributed by atoms with Gasteiger partial charge in [0.05, 0.1) is 0 Å². The van der Waals surface area contributed by atoms with Gasteiger partial charge >= 0.3 is 0 Å². The fourth-order valence-electron chi connectivity index (χ4n) is 2.66. The summed E-state index contributed by atoms with van der Waals surface area (Å²) in [5.74, 6) is -1.47. The van der Waals surface area contributed by atoms with Crippen LogP contribution >= 0.6 is 0 Å². The number of amides is 1. The summed E-state index contributed by atoms with van der Waals surface area (Å²) in [5, 5.41) is 0. The summed E-state index contributed by atoms with van der Waals surface area (Å²) in [5.41, 5.74) is 0.501.